The summed E-state index contributed by atoms with van der Waals surface area (Å²) in [4.78, 5) is 26.7. The average Bonchev–Trinajstić information content (AvgIpc) is 2.56. The summed E-state index contributed by atoms with van der Waals surface area (Å²) in [5.74, 6) is 0.464. The monoisotopic (exact) mass is 331 g/mol. The number of carbonyl (C=O) groups excluding carboxylic acids is 2. The average molecular weight is 331 g/mol. The Balaban J connectivity index is 1.73. The Kier molecular flexibility index (Phi) is 4.76. The Morgan fingerprint density at radius 1 is 1.38 bits per heavy atom. The van der Waals surface area contributed by atoms with Crippen LogP contribution in [-0.4, -0.2) is 41.4 Å². The zero-order chi connectivity index (χ0) is 17.3. The third-order valence-corrected chi connectivity index (χ3v) is 4.69. The molecule has 1 saturated heterocycles. The Labute approximate surface area is 142 Å². The molecule has 0 radical (unpaired) electrons. The van der Waals surface area contributed by atoms with Gasteiger partial charge in [-0.15, -0.1) is 0 Å². The van der Waals surface area contributed by atoms with Gasteiger partial charge in [0.05, 0.1) is 11.7 Å². The lowest BCUT2D eigenvalue weighted by Gasteiger charge is -2.37. The summed E-state index contributed by atoms with van der Waals surface area (Å²) in [5, 5.41) is 5.79. The van der Waals surface area contributed by atoms with Crippen molar-refractivity contribution in [2.75, 3.05) is 17.2 Å². The third kappa shape index (κ3) is 3.38. The van der Waals surface area contributed by atoms with E-state index in [9.17, 15) is 9.59 Å². The van der Waals surface area contributed by atoms with Gasteiger partial charge in [0, 0.05) is 11.7 Å². The fourth-order valence-corrected chi connectivity index (χ4v) is 3.37. The minimum Gasteiger partial charge on any atom is -0.479 e. The van der Waals surface area contributed by atoms with E-state index in [2.05, 4.69) is 29.4 Å². The highest BCUT2D eigenvalue weighted by Crippen LogP contribution is 2.32. The summed E-state index contributed by atoms with van der Waals surface area (Å²) in [6.45, 7) is 6.91. The number of rotatable bonds is 3. The number of piperidine rings is 1. The van der Waals surface area contributed by atoms with Crippen LogP contribution in [0.2, 0.25) is 0 Å². The first-order chi connectivity index (χ1) is 11.5. The van der Waals surface area contributed by atoms with E-state index in [4.69, 9.17) is 4.74 Å². The molecule has 3 rings (SSSR count). The van der Waals surface area contributed by atoms with Crippen LogP contribution in [-0.2, 0) is 9.59 Å². The van der Waals surface area contributed by atoms with Gasteiger partial charge in [-0.05, 0) is 58.4 Å². The summed E-state index contributed by atoms with van der Waals surface area (Å²) in [6.07, 6.45) is 2.60. The molecule has 1 fully saturated rings. The first kappa shape index (κ1) is 16.8. The van der Waals surface area contributed by atoms with Gasteiger partial charge in [-0.3, -0.25) is 14.5 Å². The van der Waals surface area contributed by atoms with Crippen molar-refractivity contribution in [2.24, 2.45) is 0 Å². The Morgan fingerprint density at radius 2 is 2.17 bits per heavy atom. The first-order valence-corrected chi connectivity index (χ1v) is 8.64. The number of likely N-dealkylation sites (tertiary alicyclic amines) is 1. The predicted octanol–water partition coefficient (Wildman–Crippen LogP) is 2.61. The predicted molar refractivity (Wildman–Crippen MR) is 93.3 cm³/mol. The van der Waals surface area contributed by atoms with Gasteiger partial charge in [0.1, 0.15) is 5.75 Å². The van der Waals surface area contributed by atoms with Gasteiger partial charge >= 0.3 is 0 Å². The molecule has 0 aliphatic carbocycles. The van der Waals surface area contributed by atoms with Crippen LogP contribution >= 0.6 is 0 Å². The summed E-state index contributed by atoms with van der Waals surface area (Å²) >= 11 is 0. The molecule has 0 saturated carbocycles. The highest BCUT2D eigenvalue weighted by molar-refractivity contribution is 6.00. The van der Waals surface area contributed by atoms with Crippen LogP contribution < -0.4 is 15.4 Å². The third-order valence-electron chi connectivity index (χ3n) is 4.69. The molecule has 2 aliphatic rings. The zero-order valence-corrected chi connectivity index (χ0v) is 14.5. The molecule has 0 aromatic heterocycles. The van der Waals surface area contributed by atoms with Crippen molar-refractivity contribution in [3.05, 3.63) is 18.2 Å². The van der Waals surface area contributed by atoms with E-state index in [1.165, 1.54) is 0 Å². The maximum Gasteiger partial charge on any atom is 0.265 e. The van der Waals surface area contributed by atoms with Crippen molar-refractivity contribution in [3.8, 4) is 5.75 Å². The number of benzene rings is 1. The van der Waals surface area contributed by atoms with Gasteiger partial charge in [-0.1, -0.05) is 6.42 Å². The normalized spacial score (nSPS) is 24.1. The Morgan fingerprint density at radius 3 is 2.92 bits per heavy atom. The lowest BCUT2D eigenvalue weighted by atomic mass is 9.99. The Hall–Kier alpha value is -2.08. The topological polar surface area (TPSA) is 70.7 Å². The minimum absolute atomic E-state index is 0.0137. The van der Waals surface area contributed by atoms with Crippen molar-refractivity contribution in [2.45, 2.75) is 58.2 Å². The van der Waals surface area contributed by atoms with E-state index in [0.717, 1.165) is 25.8 Å². The molecule has 24 heavy (non-hydrogen) atoms. The van der Waals surface area contributed by atoms with Crippen molar-refractivity contribution in [1.29, 1.82) is 0 Å². The van der Waals surface area contributed by atoms with Crippen LogP contribution in [0.3, 0.4) is 0 Å². The number of anilines is 2. The van der Waals surface area contributed by atoms with Crippen LogP contribution in [0.25, 0.3) is 0 Å². The maximum atomic E-state index is 12.7. The van der Waals surface area contributed by atoms with Gasteiger partial charge in [-0.2, -0.15) is 0 Å². The van der Waals surface area contributed by atoms with Crippen LogP contribution in [0.5, 0.6) is 5.75 Å². The molecule has 2 N–H and O–H groups in total. The van der Waals surface area contributed by atoms with Crippen molar-refractivity contribution < 1.29 is 14.3 Å². The number of ether oxygens (including phenoxy) is 1. The lowest BCUT2D eigenvalue weighted by molar-refractivity contribution is -0.123. The molecule has 6 nitrogen and oxygen atoms in total. The SMILES string of the molecule is CC(C)N1CCCC[C@H]1C(=O)Nc1ccc2c(c1)NC(=O)[C@H](C)O2. The van der Waals surface area contributed by atoms with E-state index in [1.807, 2.05) is 6.07 Å². The zero-order valence-electron chi connectivity index (χ0n) is 14.5. The fraction of sp³-hybridized carbons (Fsp3) is 0.556. The van der Waals surface area contributed by atoms with E-state index in [-0.39, 0.29) is 17.9 Å². The standard InChI is InChI=1S/C18H25N3O3/c1-11(2)21-9-5-4-6-15(21)18(23)19-13-7-8-16-14(10-13)20-17(22)12(3)24-16/h7-8,10-12,15H,4-6,9H2,1-3H3,(H,19,23)(H,20,22)/t12-,15-/m0/s1. The first-order valence-electron chi connectivity index (χ1n) is 8.64. The number of hydrogen-bond donors (Lipinski definition) is 2. The fourth-order valence-electron chi connectivity index (χ4n) is 3.37. The van der Waals surface area contributed by atoms with E-state index >= 15 is 0 Å². The van der Waals surface area contributed by atoms with Crippen LogP contribution in [0.1, 0.15) is 40.0 Å². The second kappa shape index (κ2) is 6.81. The lowest BCUT2D eigenvalue weighted by Crippen LogP contribution is -2.50. The molecule has 1 aromatic rings. The van der Waals surface area contributed by atoms with Crippen molar-refractivity contribution in [3.63, 3.8) is 0 Å². The molecule has 0 spiro atoms. The van der Waals surface area contributed by atoms with Crippen LogP contribution in [0.4, 0.5) is 11.4 Å². The van der Waals surface area contributed by atoms with E-state index in [1.54, 1.807) is 19.1 Å². The molecule has 130 valence electrons. The molecule has 2 heterocycles. The highest BCUT2D eigenvalue weighted by atomic mass is 16.5. The summed E-state index contributed by atoms with van der Waals surface area (Å²) < 4.78 is 5.54. The number of fused-ring (bicyclic) bond motifs is 1. The molecule has 0 unspecified atom stereocenters. The second-order valence-corrected chi connectivity index (χ2v) is 6.79. The number of carbonyl (C=O) groups is 2. The summed E-state index contributed by atoms with van der Waals surface area (Å²) in [5.41, 5.74) is 1.27. The smallest absolute Gasteiger partial charge is 0.265 e. The quantitative estimate of drug-likeness (QED) is 0.893. The Bertz CT molecular complexity index is 644. The van der Waals surface area contributed by atoms with Gasteiger partial charge in [0.15, 0.2) is 6.10 Å². The van der Waals surface area contributed by atoms with Crippen molar-refractivity contribution in [1.82, 2.24) is 4.90 Å². The van der Waals surface area contributed by atoms with Gasteiger partial charge in [0.25, 0.3) is 5.91 Å². The number of nitrogens with zero attached hydrogens (tertiary/aromatic N) is 1. The molecule has 2 aliphatic heterocycles. The maximum absolute atomic E-state index is 12.7. The van der Waals surface area contributed by atoms with Crippen LogP contribution in [0.15, 0.2) is 18.2 Å². The molecule has 6 heteroatoms. The number of hydrogen-bond acceptors (Lipinski definition) is 4. The van der Waals surface area contributed by atoms with Gasteiger partial charge in [-0.25, -0.2) is 0 Å². The molecule has 0 bridgehead atoms. The number of nitrogens with one attached hydrogen (secondary N) is 2. The summed E-state index contributed by atoms with van der Waals surface area (Å²) in [6, 6.07) is 5.59. The van der Waals surface area contributed by atoms with Crippen molar-refractivity contribution >= 4 is 23.2 Å². The highest BCUT2D eigenvalue weighted by Gasteiger charge is 2.30. The second-order valence-electron chi connectivity index (χ2n) is 6.79. The molecule has 1 aromatic carbocycles. The minimum atomic E-state index is -0.500. The molecular formula is C18H25N3O3. The molecular weight excluding hydrogens is 306 g/mol. The van der Waals surface area contributed by atoms with Crippen LogP contribution in [0, 0.1) is 0 Å². The van der Waals surface area contributed by atoms with Gasteiger partial charge in [0.2, 0.25) is 5.91 Å². The molecule has 2 atom stereocenters. The number of amides is 2. The van der Waals surface area contributed by atoms with Gasteiger partial charge < -0.3 is 15.4 Å². The molecule has 2 amide bonds. The van der Waals surface area contributed by atoms with E-state index in [0.29, 0.717) is 23.2 Å². The summed E-state index contributed by atoms with van der Waals surface area (Å²) in [7, 11) is 0. The largest absolute Gasteiger partial charge is 0.479 e. The van der Waals surface area contributed by atoms with E-state index < -0.39 is 6.10 Å².